The number of carbonyl (C=O) groups is 1. The molecule has 0 aliphatic carbocycles. The number of furan rings is 1. The Kier molecular flexibility index (Phi) is 3.48. The van der Waals surface area contributed by atoms with E-state index in [1.807, 2.05) is 19.1 Å². The zero-order valence-corrected chi connectivity index (χ0v) is 10.4. The van der Waals surface area contributed by atoms with Gasteiger partial charge in [-0.05, 0) is 37.1 Å². The monoisotopic (exact) mass is 245 g/mol. The summed E-state index contributed by atoms with van der Waals surface area (Å²) < 4.78 is 5.10. The van der Waals surface area contributed by atoms with Gasteiger partial charge in [0.1, 0.15) is 5.76 Å². The van der Waals surface area contributed by atoms with Crippen LogP contribution in [0, 0.1) is 13.8 Å². The molecular formula is C14H15NO3. The highest BCUT2D eigenvalue weighted by Gasteiger charge is 2.12. The molecule has 2 rings (SSSR count). The number of aliphatic hydroxyl groups excluding tert-OH is 1. The molecule has 0 atom stereocenters. The third-order valence-electron chi connectivity index (χ3n) is 2.84. The molecule has 18 heavy (non-hydrogen) atoms. The Labute approximate surface area is 105 Å². The Hall–Kier alpha value is -2.07. The SMILES string of the molecule is Cc1ccc(CO)cc1NC(=O)c1ccoc1C. The van der Waals surface area contributed by atoms with Crippen LogP contribution in [0.2, 0.25) is 0 Å². The number of hydrogen-bond donors (Lipinski definition) is 2. The number of benzene rings is 1. The molecule has 0 aliphatic heterocycles. The van der Waals surface area contributed by atoms with Gasteiger partial charge in [0.05, 0.1) is 18.4 Å². The van der Waals surface area contributed by atoms with Crippen molar-refractivity contribution < 1.29 is 14.3 Å². The first-order valence-corrected chi connectivity index (χ1v) is 5.67. The number of aryl methyl sites for hydroxylation is 2. The van der Waals surface area contributed by atoms with E-state index in [2.05, 4.69) is 5.32 Å². The third-order valence-corrected chi connectivity index (χ3v) is 2.84. The molecule has 1 aromatic carbocycles. The summed E-state index contributed by atoms with van der Waals surface area (Å²) in [5, 5.41) is 11.9. The average Bonchev–Trinajstić information content (AvgIpc) is 2.78. The standard InChI is InChI=1S/C14H15NO3/c1-9-3-4-11(8-16)7-13(9)15-14(17)12-5-6-18-10(12)2/h3-7,16H,8H2,1-2H3,(H,15,17). The van der Waals surface area contributed by atoms with Gasteiger partial charge in [-0.1, -0.05) is 12.1 Å². The number of rotatable bonds is 3. The van der Waals surface area contributed by atoms with E-state index in [4.69, 9.17) is 9.52 Å². The number of aliphatic hydroxyl groups is 1. The lowest BCUT2D eigenvalue weighted by Gasteiger charge is -2.09. The maximum absolute atomic E-state index is 12.0. The van der Waals surface area contributed by atoms with Crippen molar-refractivity contribution in [1.29, 1.82) is 0 Å². The summed E-state index contributed by atoms with van der Waals surface area (Å²) in [7, 11) is 0. The van der Waals surface area contributed by atoms with Gasteiger partial charge in [-0.2, -0.15) is 0 Å². The van der Waals surface area contributed by atoms with E-state index in [0.29, 0.717) is 17.0 Å². The molecular weight excluding hydrogens is 230 g/mol. The molecule has 4 heteroatoms. The first kappa shape index (κ1) is 12.4. The summed E-state index contributed by atoms with van der Waals surface area (Å²) in [6, 6.07) is 7.09. The first-order chi connectivity index (χ1) is 8.61. The van der Waals surface area contributed by atoms with E-state index in [9.17, 15) is 4.79 Å². The Morgan fingerprint density at radius 3 is 2.72 bits per heavy atom. The van der Waals surface area contributed by atoms with Crippen LogP contribution >= 0.6 is 0 Å². The molecule has 0 unspecified atom stereocenters. The summed E-state index contributed by atoms with van der Waals surface area (Å²) in [6.07, 6.45) is 1.49. The van der Waals surface area contributed by atoms with Crippen molar-refractivity contribution in [2.75, 3.05) is 5.32 Å². The van der Waals surface area contributed by atoms with E-state index >= 15 is 0 Å². The first-order valence-electron chi connectivity index (χ1n) is 5.67. The third kappa shape index (κ3) is 2.43. The van der Waals surface area contributed by atoms with Gasteiger partial charge in [0, 0.05) is 5.69 Å². The molecule has 0 saturated carbocycles. The second-order valence-electron chi connectivity index (χ2n) is 4.15. The fraction of sp³-hybridized carbons (Fsp3) is 0.214. The number of hydrogen-bond acceptors (Lipinski definition) is 3. The van der Waals surface area contributed by atoms with Crippen molar-refractivity contribution in [3.8, 4) is 0 Å². The highest BCUT2D eigenvalue weighted by molar-refractivity contribution is 6.05. The van der Waals surface area contributed by atoms with Crippen molar-refractivity contribution in [2.24, 2.45) is 0 Å². The van der Waals surface area contributed by atoms with Crippen molar-refractivity contribution in [3.63, 3.8) is 0 Å². The smallest absolute Gasteiger partial charge is 0.259 e. The molecule has 0 saturated heterocycles. The predicted octanol–water partition coefficient (Wildman–Crippen LogP) is 2.64. The molecule has 0 radical (unpaired) electrons. The number of carbonyl (C=O) groups excluding carboxylic acids is 1. The zero-order valence-electron chi connectivity index (χ0n) is 10.4. The molecule has 1 amide bonds. The van der Waals surface area contributed by atoms with Gasteiger partial charge in [-0.3, -0.25) is 4.79 Å². The lowest BCUT2D eigenvalue weighted by Crippen LogP contribution is -2.13. The van der Waals surface area contributed by atoms with Crippen LogP contribution in [0.3, 0.4) is 0 Å². The maximum Gasteiger partial charge on any atom is 0.259 e. The van der Waals surface area contributed by atoms with Crippen LogP contribution in [-0.4, -0.2) is 11.0 Å². The summed E-state index contributed by atoms with van der Waals surface area (Å²) in [5.74, 6) is 0.378. The second kappa shape index (κ2) is 5.06. The van der Waals surface area contributed by atoms with Gasteiger partial charge >= 0.3 is 0 Å². The molecule has 2 aromatic rings. The largest absolute Gasteiger partial charge is 0.469 e. The van der Waals surface area contributed by atoms with Gasteiger partial charge in [-0.25, -0.2) is 0 Å². The second-order valence-corrected chi connectivity index (χ2v) is 4.15. The van der Waals surface area contributed by atoms with E-state index < -0.39 is 0 Å². The maximum atomic E-state index is 12.0. The summed E-state index contributed by atoms with van der Waals surface area (Å²) in [5.41, 5.74) is 2.93. The Balaban J connectivity index is 2.24. The van der Waals surface area contributed by atoms with Crippen molar-refractivity contribution in [3.05, 3.63) is 53.0 Å². The van der Waals surface area contributed by atoms with Crippen LogP contribution in [0.15, 0.2) is 34.9 Å². The lowest BCUT2D eigenvalue weighted by molar-refractivity contribution is 0.102. The minimum absolute atomic E-state index is 0.0477. The number of anilines is 1. The quantitative estimate of drug-likeness (QED) is 0.873. The van der Waals surface area contributed by atoms with Crippen LogP contribution < -0.4 is 5.32 Å². The van der Waals surface area contributed by atoms with Crippen LogP contribution in [0.4, 0.5) is 5.69 Å². The number of amides is 1. The molecule has 94 valence electrons. The molecule has 1 aromatic heterocycles. The molecule has 1 heterocycles. The number of nitrogens with one attached hydrogen (secondary N) is 1. The molecule has 0 bridgehead atoms. The minimum atomic E-state index is -0.209. The highest BCUT2D eigenvalue weighted by Crippen LogP contribution is 2.19. The van der Waals surface area contributed by atoms with Crippen molar-refractivity contribution in [1.82, 2.24) is 0 Å². The molecule has 2 N–H and O–H groups in total. The summed E-state index contributed by atoms with van der Waals surface area (Å²) in [4.78, 5) is 12.0. The van der Waals surface area contributed by atoms with Crippen LogP contribution in [0.5, 0.6) is 0 Å². The van der Waals surface area contributed by atoms with Gasteiger partial charge < -0.3 is 14.8 Å². The lowest BCUT2D eigenvalue weighted by atomic mass is 10.1. The predicted molar refractivity (Wildman–Crippen MR) is 68.5 cm³/mol. The summed E-state index contributed by atoms with van der Waals surface area (Å²) >= 11 is 0. The van der Waals surface area contributed by atoms with Gasteiger partial charge in [0.25, 0.3) is 5.91 Å². The van der Waals surface area contributed by atoms with E-state index in [1.54, 1.807) is 19.1 Å². The topological polar surface area (TPSA) is 62.5 Å². The van der Waals surface area contributed by atoms with E-state index in [1.165, 1.54) is 6.26 Å². The van der Waals surface area contributed by atoms with Crippen LogP contribution in [0.1, 0.15) is 27.2 Å². The van der Waals surface area contributed by atoms with Crippen LogP contribution in [-0.2, 0) is 6.61 Å². The molecule has 0 aliphatic rings. The zero-order chi connectivity index (χ0) is 13.1. The highest BCUT2D eigenvalue weighted by atomic mass is 16.3. The molecule has 4 nitrogen and oxygen atoms in total. The normalized spacial score (nSPS) is 10.4. The van der Waals surface area contributed by atoms with Gasteiger partial charge in [0.2, 0.25) is 0 Å². The Morgan fingerprint density at radius 1 is 1.33 bits per heavy atom. The average molecular weight is 245 g/mol. The molecule has 0 fully saturated rings. The van der Waals surface area contributed by atoms with Crippen molar-refractivity contribution >= 4 is 11.6 Å². The van der Waals surface area contributed by atoms with Crippen molar-refractivity contribution in [2.45, 2.75) is 20.5 Å². The van der Waals surface area contributed by atoms with E-state index in [-0.39, 0.29) is 12.5 Å². The Morgan fingerprint density at radius 2 is 2.11 bits per heavy atom. The van der Waals surface area contributed by atoms with E-state index in [0.717, 1.165) is 11.1 Å². The van der Waals surface area contributed by atoms with Crippen LogP contribution in [0.25, 0.3) is 0 Å². The van der Waals surface area contributed by atoms with Gasteiger partial charge in [-0.15, -0.1) is 0 Å². The fourth-order valence-electron chi connectivity index (χ4n) is 1.71. The fourth-order valence-corrected chi connectivity index (χ4v) is 1.71. The summed E-state index contributed by atoms with van der Waals surface area (Å²) in [6.45, 7) is 3.60. The Bertz CT molecular complexity index is 572. The van der Waals surface area contributed by atoms with Gasteiger partial charge in [0.15, 0.2) is 0 Å². The minimum Gasteiger partial charge on any atom is -0.469 e. The molecule has 0 spiro atoms.